The first kappa shape index (κ1) is 31.8. The van der Waals surface area contributed by atoms with Crippen LogP contribution in [0.4, 0.5) is 5.69 Å². The maximum Gasteiger partial charge on any atom is 0.264 e. The van der Waals surface area contributed by atoms with Crippen LogP contribution in [0.5, 0.6) is 0 Å². The first-order valence-corrected chi connectivity index (χ1v) is 16.0. The lowest BCUT2D eigenvalue weighted by Crippen LogP contribution is -2.53. The van der Waals surface area contributed by atoms with Crippen molar-refractivity contribution in [1.82, 2.24) is 10.2 Å². The van der Waals surface area contributed by atoms with E-state index in [9.17, 15) is 18.0 Å². The van der Waals surface area contributed by atoms with Crippen molar-refractivity contribution in [2.24, 2.45) is 0 Å². The molecule has 0 aliphatic carbocycles. The average Bonchev–Trinajstić information content (AvgIpc) is 3.02. The fourth-order valence-electron chi connectivity index (χ4n) is 4.67. The van der Waals surface area contributed by atoms with Gasteiger partial charge >= 0.3 is 0 Å². The SMILES string of the molecule is CCCNC(=O)C(Cc1ccccc1)N(Cc1ccc(Cl)cc1)C(=O)CN(c1ccc(C)cc1)S(=O)(=O)c1ccccc1. The molecule has 4 aromatic rings. The Bertz CT molecular complexity index is 1600. The molecule has 0 spiro atoms. The van der Waals surface area contributed by atoms with Crippen LogP contribution in [-0.2, 0) is 32.6 Å². The fraction of sp³-hybridized carbons (Fsp3) is 0.235. The molecule has 9 heteroatoms. The molecule has 2 amide bonds. The minimum Gasteiger partial charge on any atom is -0.354 e. The summed E-state index contributed by atoms with van der Waals surface area (Å²) in [5, 5.41) is 3.49. The molecular weight excluding hydrogens is 582 g/mol. The molecule has 0 bridgehead atoms. The first-order valence-electron chi connectivity index (χ1n) is 14.2. The Morgan fingerprint density at radius 3 is 2.02 bits per heavy atom. The third-order valence-corrected chi connectivity index (χ3v) is 9.06. The highest BCUT2D eigenvalue weighted by molar-refractivity contribution is 7.92. The molecule has 1 atom stereocenters. The highest BCUT2D eigenvalue weighted by Gasteiger charge is 2.34. The number of hydrogen-bond acceptors (Lipinski definition) is 4. The second kappa shape index (κ2) is 14.8. The van der Waals surface area contributed by atoms with Crippen LogP contribution in [0.1, 0.15) is 30.0 Å². The molecule has 224 valence electrons. The van der Waals surface area contributed by atoms with Gasteiger partial charge in [-0.25, -0.2) is 8.42 Å². The molecule has 0 aliphatic rings. The number of nitrogens with zero attached hydrogens (tertiary/aromatic N) is 2. The lowest BCUT2D eigenvalue weighted by molar-refractivity contribution is -0.140. The van der Waals surface area contributed by atoms with E-state index in [0.717, 1.165) is 27.4 Å². The highest BCUT2D eigenvalue weighted by Crippen LogP contribution is 2.25. The van der Waals surface area contributed by atoms with Crippen molar-refractivity contribution in [3.63, 3.8) is 0 Å². The number of carbonyl (C=O) groups excluding carboxylic acids is 2. The Labute approximate surface area is 259 Å². The van der Waals surface area contributed by atoms with Crippen molar-refractivity contribution >= 4 is 39.1 Å². The molecule has 1 unspecified atom stereocenters. The van der Waals surface area contributed by atoms with E-state index in [-0.39, 0.29) is 23.8 Å². The minimum absolute atomic E-state index is 0.0640. The van der Waals surface area contributed by atoms with E-state index in [4.69, 9.17) is 11.6 Å². The molecule has 1 N–H and O–H groups in total. The zero-order valence-electron chi connectivity index (χ0n) is 24.3. The Balaban J connectivity index is 1.78. The molecule has 0 saturated carbocycles. The molecule has 0 radical (unpaired) electrons. The van der Waals surface area contributed by atoms with Gasteiger partial charge in [0.25, 0.3) is 10.0 Å². The van der Waals surface area contributed by atoms with E-state index < -0.39 is 28.5 Å². The summed E-state index contributed by atoms with van der Waals surface area (Å²) in [6.45, 7) is 3.89. The third-order valence-electron chi connectivity index (χ3n) is 7.02. The predicted octanol–water partition coefficient (Wildman–Crippen LogP) is 6.01. The van der Waals surface area contributed by atoms with Gasteiger partial charge in [0.2, 0.25) is 11.8 Å². The summed E-state index contributed by atoms with van der Waals surface area (Å²) in [5.41, 5.74) is 2.93. The van der Waals surface area contributed by atoms with Crippen molar-refractivity contribution < 1.29 is 18.0 Å². The van der Waals surface area contributed by atoms with Gasteiger partial charge in [-0.3, -0.25) is 13.9 Å². The number of anilines is 1. The molecule has 0 fully saturated rings. The zero-order chi connectivity index (χ0) is 30.8. The second-order valence-electron chi connectivity index (χ2n) is 10.3. The molecule has 0 aromatic heterocycles. The lowest BCUT2D eigenvalue weighted by Gasteiger charge is -2.34. The minimum atomic E-state index is -4.13. The third kappa shape index (κ3) is 8.46. The first-order chi connectivity index (χ1) is 20.7. The number of halogens is 1. The summed E-state index contributed by atoms with van der Waals surface area (Å²) in [4.78, 5) is 29.6. The summed E-state index contributed by atoms with van der Waals surface area (Å²) in [6.07, 6.45) is 0.983. The molecule has 0 heterocycles. The summed E-state index contributed by atoms with van der Waals surface area (Å²) in [7, 11) is -4.13. The topological polar surface area (TPSA) is 86.8 Å². The molecular formula is C34H36ClN3O4S. The normalized spacial score (nSPS) is 11.9. The predicted molar refractivity (Wildman–Crippen MR) is 171 cm³/mol. The quantitative estimate of drug-likeness (QED) is 0.199. The molecule has 7 nitrogen and oxygen atoms in total. The van der Waals surface area contributed by atoms with Gasteiger partial charge in [-0.15, -0.1) is 0 Å². The van der Waals surface area contributed by atoms with Gasteiger partial charge in [0.05, 0.1) is 10.6 Å². The van der Waals surface area contributed by atoms with E-state index >= 15 is 0 Å². The van der Waals surface area contributed by atoms with E-state index in [1.807, 2.05) is 44.2 Å². The fourth-order valence-corrected chi connectivity index (χ4v) is 6.23. The second-order valence-corrected chi connectivity index (χ2v) is 12.6. The zero-order valence-corrected chi connectivity index (χ0v) is 25.9. The number of rotatable bonds is 13. The number of carbonyl (C=O) groups is 2. The van der Waals surface area contributed by atoms with Crippen LogP contribution in [0.3, 0.4) is 0 Å². The summed E-state index contributed by atoms with van der Waals surface area (Å²) >= 11 is 6.13. The Morgan fingerprint density at radius 1 is 0.814 bits per heavy atom. The molecule has 0 aliphatic heterocycles. The van der Waals surface area contributed by atoms with Crippen LogP contribution in [0.25, 0.3) is 0 Å². The van der Waals surface area contributed by atoms with Gasteiger partial charge in [-0.2, -0.15) is 0 Å². The van der Waals surface area contributed by atoms with Gasteiger partial charge in [-0.05, 0) is 60.9 Å². The molecule has 4 rings (SSSR count). The summed E-state index contributed by atoms with van der Waals surface area (Å²) < 4.78 is 29.1. The van der Waals surface area contributed by atoms with Crippen LogP contribution < -0.4 is 9.62 Å². The number of nitrogens with one attached hydrogen (secondary N) is 1. The van der Waals surface area contributed by atoms with Crippen LogP contribution in [0.2, 0.25) is 5.02 Å². The van der Waals surface area contributed by atoms with E-state index in [1.54, 1.807) is 66.7 Å². The monoisotopic (exact) mass is 617 g/mol. The van der Waals surface area contributed by atoms with E-state index in [2.05, 4.69) is 5.32 Å². The maximum absolute atomic E-state index is 14.4. The van der Waals surface area contributed by atoms with E-state index in [1.165, 1.54) is 17.0 Å². The van der Waals surface area contributed by atoms with Crippen molar-refractivity contribution in [3.05, 3.63) is 131 Å². The molecule has 0 saturated heterocycles. The standard InChI is InChI=1S/C34H36ClN3O4S/c1-3-22-36-34(40)32(23-27-10-6-4-7-11-27)37(24-28-16-18-29(35)19-17-28)33(39)25-38(30-20-14-26(2)15-21-30)43(41,42)31-12-8-5-9-13-31/h4-21,32H,3,22-25H2,1-2H3,(H,36,40). The molecule has 43 heavy (non-hydrogen) atoms. The van der Waals surface area contributed by atoms with Gasteiger partial charge in [-0.1, -0.05) is 96.9 Å². The van der Waals surface area contributed by atoms with Crippen LogP contribution in [0, 0.1) is 6.92 Å². The summed E-state index contributed by atoms with van der Waals surface area (Å²) in [5.74, 6) is -0.816. The van der Waals surface area contributed by atoms with Gasteiger partial charge in [0, 0.05) is 24.5 Å². The molecule has 4 aromatic carbocycles. The van der Waals surface area contributed by atoms with Crippen molar-refractivity contribution in [1.29, 1.82) is 0 Å². The maximum atomic E-state index is 14.4. The van der Waals surface area contributed by atoms with Crippen LogP contribution in [-0.4, -0.2) is 44.3 Å². The van der Waals surface area contributed by atoms with Crippen molar-refractivity contribution in [3.8, 4) is 0 Å². The van der Waals surface area contributed by atoms with Crippen LogP contribution >= 0.6 is 11.6 Å². The number of amides is 2. The van der Waals surface area contributed by atoms with Crippen molar-refractivity contribution in [2.45, 2.75) is 44.2 Å². The Hall–Kier alpha value is -4.14. The van der Waals surface area contributed by atoms with Gasteiger partial charge in [0.1, 0.15) is 12.6 Å². The smallest absolute Gasteiger partial charge is 0.264 e. The number of sulfonamides is 1. The van der Waals surface area contributed by atoms with E-state index in [0.29, 0.717) is 17.3 Å². The number of benzene rings is 4. The lowest BCUT2D eigenvalue weighted by atomic mass is 10.0. The van der Waals surface area contributed by atoms with Gasteiger partial charge < -0.3 is 10.2 Å². The van der Waals surface area contributed by atoms with Gasteiger partial charge in [0.15, 0.2) is 0 Å². The Kier molecular flexibility index (Phi) is 11.0. The van der Waals surface area contributed by atoms with Crippen molar-refractivity contribution in [2.75, 3.05) is 17.4 Å². The average molecular weight is 618 g/mol. The highest BCUT2D eigenvalue weighted by atomic mass is 35.5. The number of aryl methyl sites for hydroxylation is 1. The summed E-state index contributed by atoms with van der Waals surface area (Å²) in [6, 6.07) is 30.6. The Morgan fingerprint density at radius 2 is 1.42 bits per heavy atom. The number of hydrogen-bond donors (Lipinski definition) is 1. The largest absolute Gasteiger partial charge is 0.354 e. The van der Waals surface area contributed by atoms with Crippen LogP contribution in [0.15, 0.2) is 114 Å².